The second kappa shape index (κ2) is 6.37. The molecule has 0 saturated carbocycles. The van der Waals surface area contributed by atoms with E-state index in [0.29, 0.717) is 32.0 Å². The maximum Gasteiger partial charge on any atom is 0.311 e. The summed E-state index contributed by atoms with van der Waals surface area (Å²) in [6, 6.07) is 0. The van der Waals surface area contributed by atoms with Crippen molar-refractivity contribution < 1.29 is 14.7 Å². The molecule has 0 aliphatic carbocycles. The number of carboxylic acids is 1. The SMILES string of the molecule is CC(C)CC(CN)C(=O)N1CCCC(C)(C(=O)O)C1. The van der Waals surface area contributed by atoms with Crippen LogP contribution in [0.1, 0.15) is 40.0 Å². The van der Waals surface area contributed by atoms with Gasteiger partial charge in [0, 0.05) is 19.6 Å². The van der Waals surface area contributed by atoms with Crippen molar-refractivity contribution in [3.8, 4) is 0 Å². The highest BCUT2D eigenvalue weighted by Gasteiger charge is 2.40. The van der Waals surface area contributed by atoms with E-state index < -0.39 is 11.4 Å². The molecule has 5 nitrogen and oxygen atoms in total. The van der Waals surface area contributed by atoms with Gasteiger partial charge in [0.15, 0.2) is 0 Å². The van der Waals surface area contributed by atoms with Gasteiger partial charge in [-0.1, -0.05) is 13.8 Å². The number of hydrogen-bond acceptors (Lipinski definition) is 3. The largest absolute Gasteiger partial charge is 0.481 e. The third-order valence-electron chi connectivity index (χ3n) is 3.91. The topological polar surface area (TPSA) is 83.6 Å². The Kier molecular flexibility index (Phi) is 5.35. The summed E-state index contributed by atoms with van der Waals surface area (Å²) in [5.41, 5.74) is 4.88. The molecule has 19 heavy (non-hydrogen) atoms. The van der Waals surface area contributed by atoms with Gasteiger partial charge in [-0.05, 0) is 32.1 Å². The van der Waals surface area contributed by atoms with Crippen LogP contribution in [0.15, 0.2) is 0 Å². The van der Waals surface area contributed by atoms with E-state index in [0.717, 1.165) is 12.8 Å². The number of nitrogens with zero attached hydrogens (tertiary/aromatic N) is 1. The number of nitrogens with two attached hydrogens (primary N) is 1. The van der Waals surface area contributed by atoms with Gasteiger partial charge in [0.25, 0.3) is 0 Å². The first-order chi connectivity index (χ1) is 8.80. The number of carbonyl (C=O) groups excluding carboxylic acids is 1. The predicted octanol–water partition coefficient (Wildman–Crippen LogP) is 1.32. The van der Waals surface area contributed by atoms with Crippen molar-refractivity contribution in [3.63, 3.8) is 0 Å². The number of aliphatic carboxylic acids is 1. The lowest BCUT2D eigenvalue weighted by molar-refractivity contribution is -0.154. The molecule has 1 fully saturated rings. The number of piperidine rings is 1. The van der Waals surface area contributed by atoms with Gasteiger partial charge in [0.1, 0.15) is 0 Å². The molecule has 1 heterocycles. The van der Waals surface area contributed by atoms with Crippen LogP contribution in [-0.2, 0) is 9.59 Å². The molecule has 2 unspecified atom stereocenters. The van der Waals surface area contributed by atoms with Crippen LogP contribution in [-0.4, -0.2) is 41.5 Å². The number of amides is 1. The van der Waals surface area contributed by atoms with Gasteiger partial charge in [-0.3, -0.25) is 9.59 Å². The fourth-order valence-electron chi connectivity index (χ4n) is 2.73. The van der Waals surface area contributed by atoms with Crippen LogP contribution in [0.2, 0.25) is 0 Å². The van der Waals surface area contributed by atoms with Crippen molar-refractivity contribution in [3.05, 3.63) is 0 Å². The first-order valence-corrected chi connectivity index (χ1v) is 7.02. The number of carboxylic acid groups (broad SMARTS) is 1. The Morgan fingerprint density at radius 2 is 2.05 bits per heavy atom. The lowest BCUT2D eigenvalue weighted by atomic mass is 9.81. The van der Waals surface area contributed by atoms with E-state index in [1.807, 2.05) is 0 Å². The van der Waals surface area contributed by atoms with Crippen molar-refractivity contribution in [2.75, 3.05) is 19.6 Å². The smallest absolute Gasteiger partial charge is 0.311 e. The van der Waals surface area contributed by atoms with Crippen molar-refractivity contribution in [1.82, 2.24) is 4.90 Å². The quantitative estimate of drug-likeness (QED) is 0.789. The van der Waals surface area contributed by atoms with Crippen LogP contribution in [0.5, 0.6) is 0 Å². The third kappa shape index (κ3) is 3.93. The lowest BCUT2D eigenvalue weighted by Gasteiger charge is -2.39. The Morgan fingerprint density at radius 1 is 1.42 bits per heavy atom. The molecule has 0 aromatic carbocycles. The minimum Gasteiger partial charge on any atom is -0.481 e. The van der Waals surface area contributed by atoms with E-state index in [1.165, 1.54) is 0 Å². The Hall–Kier alpha value is -1.10. The van der Waals surface area contributed by atoms with Crippen LogP contribution < -0.4 is 5.73 Å². The van der Waals surface area contributed by atoms with E-state index in [4.69, 9.17) is 5.73 Å². The molecule has 0 radical (unpaired) electrons. The average molecular weight is 270 g/mol. The summed E-state index contributed by atoms with van der Waals surface area (Å²) >= 11 is 0. The Balaban J connectivity index is 2.73. The normalized spacial score (nSPS) is 25.4. The highest BCUT2D eigenvalue weighted by atomic mass is 16.4. The maximum absolute atomic E-state index is 12.4. The Bertz CT molecular complexity index is 344. The standard InChI is InChI=1S/C14H26N2O3/c1-10(2)7-11(8-15)12(17)16-6-4-5-14(3,9-16)13(18)19/h10-11H,4-9,15H2,1-3H3,(H,18,19). The van der Waals surface area contributed by atoms with Gasteiger partial charge in [0.2, 0.25) is 5.91 Å². The molecule has 0 bridgehead atoms. The fourth-order valence-corrected chi connectivity index (χ4v) is 2.73. The van der Waals surface area contributed by atoms with Crippen molar-refractivity contribution in [2.24, 2.45) is 23.0 Å². The van der Waals surface area contributed by atoms with E-state index in [1.54, 1.807) is 11.8 Å². The molecular formula is C14H26N2O3. The van der Waals surface area contributed by atoms with Crippen molar-refractivity contribution in [1.29, 1.82) is 0 Å². The van der Waals surface area contributed by atoms with Crippen LogP contribution in [0, 0.1) is 17.3 Å². The van der Waals surface area contributed by atoms with Crippen molar-refractivity contribution in [2.45, 2.75) is 40.0 Å². The summed E-state index contributed by atoms with van der Waals surface area (Å²) in [5.74, 6) is -0.578. The highest BCUT2D eigenvalue weighted by Crippen LogP contribution is 2.30. The summed E-state index contributed by atoms with van der Waals surface area (Å²) in [5, 5.41) is 9.28. The lowest BCUT2D eigenvalue weighted by Crippen LogP contribution is -2.51. The second-order valence-corrected chi connectivity index (χ2v) is 6.29. The van der Waals surface area contributed by atoms with Crippen LogP contribution in [0.25, 0.3) is 0 Å². The molecule has 1 saturated heterocycles. The molecule has 5 heteroatoms. The first kappa shape index (κ1) is 16.0. The highest BCUT2D eigenvalue weighted by molar-refractivity contribution is 5.81. The average Bonchev–Trinajstić information content (AvgIpc) is 2.34. The van der Waals surface area contributed by atoms with Crippen LogP contribution in [0.3, 0.4) is 0 Å². The predicted molar refractivity (Wildman–Crippen MR) is 73.6 cm³/mol. The minimum atomic E-state index is -0.821. The summed E-state index contributed by atoms with van der Waals surface area (Å²) in [6.07, 6.45) is 2.13. The van der Waals surface area contributed by atoms with Gasteiger partial charge in [0.05, 0.1) is 11.3 Å². The summed E-state index contributed by atoms with van der Waals surface area (Å²) < 4.78 is 0. The zero-order valence-electron chi connectivity index (χ0n) is 12.2. The molecular weight excluding hydrogens is 244 g/mol. The van der Waals surface area contributed by atoms with Gasteiger partial charge < -0.3 is 15.7 Å². The molecule has 2 atom stereocenters. The van der Waals surface area contributed by atoms with E-state index >= 15 is 0 Å². The molecule has 1 amide bonds. The van der Waals surface area contributed by atoms with Gasteiger partial charge in [-0.15, -0.1) is 0 Å². The molecule has 110 valence electrons. The monoisotopic (exact) mass is 270 g/mol. The fraction of sp³-hybridized carbons (Fsp3) is 0.857. The molecule has 0 aromatic heterocycles. The van der Waals surface area contributed by atoms with E-state index in [2.05, 4.69) is 13.8 Å². The third-order valence-corrected chi connectivity index (χ3v) is 3.91. The molecule has 1 aliphatic heterocycles. The van der Waals surface area contributed by atoms with Gasteiger partial charge in [-0.25, -0.2) is 0 Å². The molecule has 0 spiro atoms. The summed E-state index contributed by atoms with van der Waals surface area (Å²) in [7, 11) is 0. The summed E-state index contributed by atoms with van der Waals surface area (Å²) in [6.45, 7) is 7.12. The Morgan fingerprint density at radius 3 is 2.53 bits per heavy atom. The Labute approximate surface area is 115 Å². The zero-order valence-corrected chi connectivity index (χ0v) is 12.2. The number of carbonyl (C=O) groups is 2. The molecule has 3 N–H and O–H groups in total. The minimum absolute atomic E-state index is 0.0170. The maximum atomic E-state index is 12.4. The van der Waals surface area contributed by atoms with E-state index in [-0.39, 0.29) is 11.8 Å². The molecule has 1 aliphatic rings. The zero-order chi connectivity index (χ0) is 14.6. The van der Waals surface area contributed by atoms with Gasteiger partial charge in [-0.2, -0.15) is 0 Å². The number of hydrogen-bond donors (Lipinski definition) is 2. The first-order valence-electron chi connectivity index (χ1n) is 7.02. The second-order valence-electron chi connectivity index (χ2n) is 6.29. The summed E-state index contributed by atoms with van der Waals surface area (Å²) in [4.78, 5) is 25.4. The van der Waals surface area contributed by atoms with E-state index in [9.17, 15) is 14.7 Å². The van der Waals surface area contributed by atoms with Crippen molar-refractivity contribution >= 4 is 11.9 Å². The molecule has 0 aromatic rings. The molecule has 1 rings (SSSR count). The van der Waals surface area contributed by atoms with Crippen LogP contribution in [0.4, 0.5) is 0 Å². The number of likely N-dealkylation sites (tertiary alicyclic amines) is 1. The number of rotatable bonds is 5. The van der Waals surface area contributed by atoms with Gasteiger partial charge >= 0.3 is 5.97 Å². The van der Waals surface area contributed by atoms with Crippen LogP contribution >= 0.6 is 0 Å².